The first-order valence-corrected chi connectivity index (χ1v) is 9.58. The number of hydrogen-bond donors (Lipinski definition) is 4. The maximum atomic E-state index is 12.9. The van der Waals surface area contributed by atoms with E-state index in [9.17, 15) is 9.59 Å². The predicted octanol–water partition coefficient (Wildman–Crippen LogP) is 2.45. The lowest BCUT2D eigenvalue weighted by molar-refractivity contribution is 0.631. The van der Waals surface area contributed by atoms with E-state index in [1.54, 1.807) is 12.1 Å². The van der Waals surface area contributed by atoms with Crippen molar-refractivity contribution in [2.75, 3.05) is 6.54 Å². The van der Waals surface area contributed by atoms with Gasteiger partial charge in [-0.05, 0) is 37.6 Å². The van der Waals surface area contributed by atoms with Crippen molar-refractivity contribution in [3.63, 3.8) is 0 Å². The van der Waals surface area contributed by atoms with Crippen LogP contribution in [0.4, 0.5) is 0 Å². The van der Waals surface area contributed by atoms with Crippen LogP contribution < -0.4 is 17.0 Å². The number of hydrogen-bond acceptors (Lipinski definition) is 4. The Labute approximate surface area is 164 Å². The average molecular weight is 388 g/mol. The van der Waals surface area contributed by atoms with Crippen molar-refractivity contribution in [1.29, 1.82) is 0 Å². The summed E-state index contributed by atoms with van der Waals surface area (Å²) in [4.78, 5) is 37.4. The second kappa shape index (κ2) is 6.75. The van der Waals surface area contributed by atoms with Crippen LogP contribution in [0.3, 0.4) is 0 Å². The molecular weight excluding hydrogens is 368 g/mol. The molecule has 3 heterocycles. The lowest BCUT2D eigenvalue weighted by Gasteiger charge is -2.03. The summed E-state index contributed by atoms with van der Waals surface area (Å²) in [5.41, 5.74) is 9.75. The Hall–Kier alpha value is -3.65. The normalized spacial score (nSPS) is 11.8. The number of rotatable bonds is 5. The van der Waals surface area contributed by atoms with E-state index in [1.165, 1.54) is 0 Å². The quantitative estimate of drug-likeness (QED) is 0.345. The topological polar surface area (TPSA) is 125 Å². The van der Waals surface area contributed by atoms with Crippen molar-refractivity contribution in [2.45, 2.75) is 19.4 Å². The third-order valence-corrected chi connectivity index (χ3v) is 5.22. The molecule has 5 aromatic rings. The van der Waals surface area contributed by atoms with Gasteiger partial charge in [-0.1, -0.05) is 18.2 Å². The van der Waals surface area contributed by atoms with Gasteiger partial charge in [0, 0.05) is 29.2 Å². The molecular formula is C21H20N6O2. The molecule has 0 amide bonds. The number of nitrogens with zero attached hydrogens (tertiary/aromatic N) is 2. The van der Waals surface area contributed by atoms with E-state index in [0.29, 0.717) is 34.3 Å². The minimum atomic E-state index is -0.293. The molecule has 146 valence electrons. The minimum absolute atomic E-state index is 0.264. The predicted molar refractivity (Wildman–Crippen MR) is 114 cm³/mol. The standard InChI is InChI=1S/C21H20N6O2/c22-7-3-4-8-27-11-13(12-5-1-2-6-18(12)27)19-20(28)24-15-10-17-16(9-14(15)23-19)25-21(29)26-17/h1-2,5-6,9-11H,3-4,7-8,22H2,(H,24,28)(H2,25,26,29). The van der Waals surface area contributed by atoms with Crippen LogP contribution >= 0.6 is 0 Å². The number of para-hydroxylation sites is 1. The Balaban J connectivity index is 1.71. The zero-order valence-corrected chi connectivity index (χ0v) is 15.7. The van der Waals surface area contributed by atoms with Crippen molar-refractivity contribution < 1.29 is 0 Å². The van der Waals surface area contributed by atoms with E-state index in [1.807, 2.05) is 30.5 Å². The van der Waals surface area contributed by atoms with Crippen LogP contribution in [0.15, 0.2) is 52.2 Å². The molecule has 3 aromatic heterocycles. The van der Waals surface area contributed by atoms with E-state index in [4.69, 9.17) is 5.73 Å². The van der Waals surface area contributed by atoms with Crippen LogP contribution in [0.1, 0.15) is 12.8 Å². The number of nitrogens with one attached hydrogen (secondary N) is 3. The monoisotopic (exact) mass is 388 g/mol. The van der Waals surface area contributed by atoms with E-state index in [2.05, 4.69) is 24.5 Å². The summed E-state index contributed by atoms with van der Waals surface area (Å²) in [6.45, 7) is 1.49. The Morgan fingerprint density at radius 3 is 2.59 bits per heavy atom. The van der Waals surface area contributed by atoms with Gasteiger partial charge in [0.1, 0.15) is 5.69 Å². The highest BCUT2D eigenvalue weighted by Crippen LogP contribution is 2.29. The molecule has 8 nitrogen and oxygen atoms in total. The Morgan fingerprint density at radius 2 is 1.76 bits per heavy atom. The van der Waals surface area contributed by atoms with Gasteiger partial charge in [-0.25, -0.2) is 9.78 Å². The molecule has 5 rings (SSSR count). The van der Waals surface area contributed by atoms with Crippen LogP contribution in [0.5, 0.6) is 0 Å². The molecule has 29 heavy (non-hydrogen) atoms. The molecule has 0 saturated heterocycles. The van der Waals surface area contributed by atoms with E-state index >= 15 is 0 Å². The van der Waals surface area contributed by atoms with Crippen molar-refractivity contribution in [3.05, 3.63) is 63.4 Å². The van der Waals surface area contributed by atoms with E-state index in [0.717, 1.165) is 35.9 Å². The maximum Gasteiger partial charge on any atom is 0.323 e. The summed E-state index contributed by atoms with van der Waals surface area (Å²) in [6.07, 6.45) is 3.90. The summed E-state index contributed by atoms with van der Waals surface area (Å²) in [5.74, 6) is 0. The summed E-state index contributed by atoms with van der Waals surface area (Å²) in [7, 11) is 0. The lowest BCUT2D eigenvalue weighted by atomic mass is 10.1. The van der Waals surface area contributed by atoms with Crippen molar-refractivity contribution in [3.8, 4) is 11.3 Å². The Bertz CT molecular complexity index is 1470. The second-order valence-electron chi connectivity index (χ2n) is 7.16. The fourth-order valence-corrected chi connectivity index (χ4v) is 3.85. The van der Waals surface area contributed by atoms with Gasteiger partial charge in [0.15, 0.2) is 0 Å². The zero-order chi connectivity index (χ0) is 20.0. The van der Waals surface area contributed by atoms with Crippen LogP contribution in [0, 0.1) is 0 Å². The smallest absolute Gasteiger partial charge is 0.323 e. The van der Waals surface area contributed by atoms with Gasteiger partial charge < -0.3 is 25.3 Å². The SMILES string of the molecule is NCCCCn1cc(-c2nc3cc4[nH]c(=O)[nH]c4cc3[nH]c2=O)c2ccccc21. The molecule has 2 aromatic carbocycles. The van der Waals surface area contributed by atoms with Gasteiger partial charge in [0.25, 0.3) is 5.56 Å². The molecule has 0 unspecified atom stereocenters. The number of unbranched alkanes of at least 4 members (excludes halogenated alkanes) is 1. The molecule has 0 radical (unpaired) electrons. The number of aromatic amines is 3. The lowest BCUT2D eigenvalue weighted by Crippen LogP contribution is -2.11. The summed E-state index contributed by atoms with van der Waals surface area (Å²) < 4.78 is 2.15. The van der Waals surface area contributed by atoms with Crippen LogP contribution in [-0.4, -0.2) is 31.0 Å². The molecule has 0 atom stereocenters. The van der Waals surface area contributed by atoms with E-state index in [-0.39, 0.29) is 11.2 Å². The number of fused-ring (bicyclic) bond motifs is 3. The second-order valence-corrected chi connectivity index (χ2v) is 7.16. The minimum Gasteiger partial charge on any atom is -0.347 e. The largest absolute Gasteiger partial charge is 0.347 e. The highest BCUT2D eigenvalue weighted by Gasteiger charge is 2.15. The van der Waals surface area contributed by atoms with Crippen molar-refractivity contribution in [2.24, 2.45) is 5.73 Å². The first-order chi connectivity index (χ1) is 14.1. The maximum absolute atomic E-state index is 12.9. The molecule has 5 N–H and O–H groups in total. The van der Waals surface area contributed by atoms with Crippen molar-refractivity contribution in [1.82, 2.24) is 24.5 Å². The third-order valence-electron chi connectivity index (χ3n) is 5.22. The number of H-pyrrole nitrogens is 3. The average Bonchev–Trinajstić information content (AvgIpc) is 3.25. The molecule has 0 saturated carbocycles. The van der Waals surface area contributed by atoms with Crippen LogP contribution in [0.2, 0.25) is 0 Å². The molecule has 0 aliphatic rings. The number of nitrogens with two attached hydrogens (primary N) is 1. The van der Waals surface area contributed by atoms with Crippen LogP contribution in [0.25, 0.3) is 44.2 Å². The number of aryl methyl sites for hydroxylation is 1. The molecule has 0 aliphatic heterocycles. The summed E-state index contributed by atoms with van der Waals surface area (Å²) >= 11 is 0. The molecule has 0 aliphatic carbocycles. The molecule has 8 heteroatoms. The van der Waals surface area contributed by atoms with Gasteiger partial charge in [0.2, 0.25) is 0 Å². The summed E-state index contributed by atoms with van der Waals surface area (Å²) in [5, 5.41) is 0.980. The van der Waals surface area contributed by atoms with Crippen LogP contribution in [-0.2, 0) is 6.54 Å². The van der Waals surface area contributed by atoms with Gasteiger partial charge in [-0.2, -0.15) is 0 Å². The van der Waals surface area contributed by atoms with Gasteiger partial charge in [-0.3, -0.25) is 4.79 Å². The zero-order valence-electron chi connectivity index (χ0n) is 15.7. The molecule has 0 spiro atoms. The number of imidazole rings is 1. The first kappa shape index (κ1) is 17.4. The van der Waals surface area contributed by atoms with Gasteiger partial charge in [-0.15, -0.1) is 0 Å². The van der Waals surface area contributed by atoms with Crippen molar-refractivity contribution >= 4 is 33.0 Å². The summed E-state index contributed by atoms with van der Waals surface area (Å²) in [6, 6.07) is 11.5. The highest BCUT2D eigenvalue weighted by molar-refractivity contribution is 5.97. The third kappa shape index (κ3) is 2.94. The number of aromatic nitrogens is 5. The molecule has 0 bridgehead atoms. The molecule has 0 fully saturated rings. The van der Waals surface area contributed by atoms with Gasteiger partial charge >= 0.3 is 5.69 Å². The highest BCUT2D eigenvalue weighted by atomic mass is 16.1. The fourth-order valence-electron chi connectivity index (χ4n) is 3.85. The number of benzene rings is 2. The fraction of sp³-hybridized carbons (Fsp3) is 0.190. The van der Waals surface area contributed by atoms with E-state index < -0.39 is 0 Å². The first-order valence-electron chi connectivity index (χ1n) is 9.58. The Kier molecular flexibility index (Phi) is 4.06. The Morgan fingerprint density at radius 1 is 0.966 bits per heavy atom. The van der Waals surface area contributed by atoms with Gasteiger partial charge in [0.05, 0.1) is 22.1 Å².